The number of hydrogen-bond acceptors (Lipinski definition) is 3. The summed E-state index contributed by atoms with van der Waals surface area (Å²) >= 11 is 0. The van der Waals surface area contributed by atoms with Gasteiger partial charge in [-0.1, -0.05) is 19.1 Å². The van der Waals surface area contributed by atoms with Gasteiger partial charge in [0.25, 0.3) is 0 Å². The third-order valence-corrected chi connectivity index (χ3v) is 3.81. The Hall–Kier alpha value is -1.06. The van der Waals surface area contributed by atoms with Crippen LogP contribution in [0.4, 0.5) is 0 Å². The minimum Gasteiger partial charge on any atom is -0.494 e. The summed E-state index contributed by atoms with van der Waals surface area (Å²) in [5, 5.41) is 3.67. The lowest BCUT2D eigenvalue weighted by Gasteiger charge is -2.22. The molecule has 1 aromatic rings. The number of nitrogens with one attached hydrogen (secondary N) is 1. The van der Waals surface area contributed by atoms with E-state index in [1.165, 1.54) is 12.0 Å². The zero-order valence-electron chi connectivity index (χ0n) is 12.7. The molecular weight excluding hydrogens is 250 g/mol. The van der Waals surface area contributed by atoms with Crippen LogP contribution in [0, 0.1) is 5.92 Å². The topological polar surface area (TPSA) is 30.5 Å². The molecule has 0 aromatic heterocycles. The van der Waals surface area contributed by atoms with Crippen LogP contribution in [0.5, 0.6) is 5.75 Å². The standard InChI is InChI=1S/C17H27NO2/c1-3-9-18-17(11-14-8-10-19-13-14)15-6-5-7-16(12-15)20-4-2/h5-7,12,14,17-18H,3-4,8-11,13H2,1-2H3. The highest BCUT2D eigenvalue weighted by Gasteiger charge is 2.21. The van der Waals surface area contributed by atoms with Crippen molar-refractivity contribution in [1.29, 1.82) is 0 Å². The zero-order chi connectivity index (χ0) is 14.2. The van der Waals surface area contributed by atoms with Gasteiger partial charge in [-0.05, 0) is 56.3 Å². The number of benzene rings is 1. The third kappa shape index (κ3) is 4.50. The van der Waals surface area contributed by atoms with Crippen molar-refractivity contribution in [3.8, 4) is 5.75 Å². The minimum absolute atomic E-state index is 0.405. The average molecular weight is 277 g/mol. The lowest BCUT2D eigenvalue weighted by atomic mass is 9.94. The van der Waals surface area contributed by atoms with Crippen LogP contribution in [0.15, 0.2) is 24.3 Å². The van der Waals surface area contributed by atoms with Gasteiger partial charge in [-0.3, -0.25) is 0 Å². The number of ether oxygens (including phenoxy) is 2. The summed E-state index contributed by atoms with van der Waals surface area (Å²) in [6, 6.07) is 8.90. The van der Waals surface area contributed by atoms with E-state index < -0.39 is 0 Å². The van der Waals surface area contributed by atoms with Crippen molar-refractivity contribution >= 4 is 0 Å². The molecule has 1 fully saturated rings. The molecule has 1 aromatic carbocycles. The van der Waals surface area contributed by atoms with Gasteiger partial charge in [-0.15, -0.1) is 0 Å². The minimum atomic E-state index is 0.405. The van der Waals surface area contributed by atoms with Crippen LogP contribution in [-0.2, 0) is 4.74 Å². The van der Waals surface area contributed by atoms with Gasteiger partial charge in [0, 0.05) is 19.3 Å². The molecule has 2 atom stereocenters. The van der Waals surface area contributed by atoms with Gasteiger partial charge in [-0.25, -0.2) is 0 Å². The molecule has 1 saturated heterocycles. The first-order valence-corrected chi connectivity index (χ1v) is 7.87. The van der Waals surface area contributed by atoms with E-state index in [2.05, 4.69) is 30.4 Å². The summed E-state index contributed by atoms with van der Waals surface area (Å²) < 4.78 is 11.1. The molecule has 1 aliphatic heterocycles. The molecule has 1 N–H and O–H groups in total. The molecule has 0 radical (unpaired) electrons. The van der Waals surface area contributed by atoms with E-state index in [1.807, 2.05) is 13.0 Å². The molecule has 0 bridgehead atoms. The average Bonchev–Trinajstić information content (AvgIpc) is 2.97. The van der Waals surface area contributed by atoms with Crippen LogP contribution >= 0.6 is 0 Å². The summed E-state index contributed by atoms with van der Waals surface area (Å²) in [6.07, 6.45) is 3.49. The third-order valence-electron chi connectivity index (χ3n) is 3.81. The van der Waals surface area contributed by atoms with Crippen molar-refractivity contribution in [3.05, 3.63) is 29.8 Å². The van der Waals surface area contributed by atoms with Crippen molar-refractivity contribution < 1.29 is 9.47 Å². The summed E-state index contributed by atoms with van der Waals surface area (Å²) in [4.78, 5) is 0. The molecule has 20 heavy (non-hydrogen) atoms. The van der Waals surface area contributed by atoms with Gasteiger partial charge >= 0.3 is 0 Å². The highest BCUT2D eigenvalue weighted by atomic mass is 16.5. The lowest BCUT2D eigenvalue weighted by Crippen LogP contribution is -2.24. The van der Waals surface area contributed by atoms with Crippen LogP contribution in [0.1, 0.15) is 44.7 Å². The first-order valence-electron chi connectivity index (χ1n) is 7.87. The second-order valence-corrected chi connectivity index (χ2v) is 5.48. The molecule has 2 rings (SSSR count). The predicted molar refractivity (Wildman–Crippen MR) is 82.2 cm³/mol. The highest BCUT2D eigenvalue weighted by molar-refractivity contribution is 5.30. The summed E-state index contributed by atoms with van der Waals surface area (Å²) in [7, 11) is 0. The Balaban J connectivity index is 2.05. The van der Waals surface area contributed by atoms with E-state index in [4.69, 9.17) is 9.47 Å². The van der Waals surface area contributed by atoms with E-state index >= 15 is 0 Å². The molecule has 2 unspecified atom stereocenters. The Morgan fingerprint density at radius 3 is 3.00 bits per heavy atom. The lowest BCUT2D eigenvalue weighted by molar-refractivity contribution is 0.181. The van der Waals surface area contributed by atoms with Crippen LogP contribution in [0.2, 0.25) is 0 Å². The van der Waals surface area contributed by atoms with Crippen LogP contribution in [0.25, 0.3) is 0 Å². The normalized spacial score (nSPS) is 20.0. The molecule has 0 aliphatic carbocycles. The van der Waals surface area contributed by atoms with Gasteiger partial charge < -0.3 is 14.8 Å². The first-order chi connectivity index (χ1) is 9.83. The van der Waals surface area contributed by atoms with Crippen LogP contribution in [-0.4, -0.2) is 26.4 Å². The second kappa shape index (κ2) is 8.28. The molecule has 0 saturated carbocycles. The van der Waals surface area contributed by atoms with Crippen molar-refractivity contribution in [3.63, 3.8) is 0 Å². The molecule has 1 aliphatic rings. The maximum Gasteiger partial charge on any atom is 0.119 e. The first kappa shape index (κ1) is 15.3. The summed E-state index contributed by atoms with van der Waals surface area (Å²) in [5.74, 6) is 1.65. The molecule has 112 valence electrons. The van der Waals surface area contributed by atoms with Crippen LogP contribution in [0.3, 0.4) is 0 Å². The predicted octanol–water partition coefficient (Wildman–Crippen LogP) is 3.55. The van der Waals surface area contributed by atoms with Gasteiger partial charge in [0.05, 0.1) is 6.61 Å². The Morgan fingerprint density at radius 2 is 2.30 bits per heavy atom. The molecule has 3 heteroatoms. The zero-order valence-corrected chi connectivity index (χ0v) is 12.7. The largest absolute Gasteiger partial charge is 0.494 e. The maximum absolute atomic E-state index is 5.62. The Labute approximate surface area is 122 Å². The van der Waals surface area contributed by atoms with Crippen molar-refractivity contribution in [2.75, 3.05) is 26.4 Å². The van der Waals surface area contributed by atoms with E-state index in [0.717, 1.165) is 38.3 Å². The highest BCUT2D eigenvalue weighted by Crippen LogP contribution is 2.28. The molecule has 3 nitrogen and oxygen atoms in total. The van der Waals surface area contributed by atoms with Gasteiger partial charge in [0.1, 0.15) is 5.75 Å². The fraction of sp³-hybridized carbons (Fsp3) is 0.647. The smallest absolute Gasteiger partial charge is 0.119 e. The van der Waals surface area contributed by atoms with E-state index in [0.29, 0.717) is 18.6 Å². The second-order valence-electron chi connectivity index (χ2n) is 5.48. The van der Waals surface area contributed by atoms with Crippen molar-refractivity contribution in [1.82, 2.24) is 5.32 Å². The van der Waals surface area contributed by atoms with E-state index in [9.17, 15) is 0 Å². The molecular formula is C17H27NO2. The summed E-state index contributed by atoms with van der Waals surface area (Å²) in [5.41, 5.74) is 1.33. The monoisotopic (exact) mass is 277 g/mol. The van der Waals surface area contributed by atoms with E-state index in [1.54, 1.807) is 0 Å². The number of rotatable bonds is 8. The molecule has 0 amide bonds. The van der Waals surface area contributed by atoms with Gasteiger partial charge in [-0.2, -0.15) is 0 Å². The Kier molecular flexibility index (Phi) is 6.34. The fourth-order valence-electron chi connectivity index (χ4n) is 2.75. The van der Waals surface area contributed by atoms with Crippen molar-refractivity contribution in [2.45, 2.75) is 39.2 Å². The van der Waals surface area contributed by atoms with Crippen LogP contribution < -0.4 is 10.1 Å². The van der Waals surface area contributed by atoms with Gasteiger partial charge in [0.2, 0.25) is 0 Å². The SMILES string of the molecule is CCCNC(CC1CCOC1)c1cccc(OCC)c1. The summed E-state index contributed by atoms with van der Waals surface area (Å²) in [6.45, 7) is 7.83. The quantitative estimate of drug-likeness (QED) is 0.788. The maximum atomic E-state index is 5.62. The van der Waals surface area contributed by atoms with Crippen molar-refractivity contribution in [2.24, 2.45) is 5.92 Å². The number of hydrogen-bond donors (Lipinski definition) is 1. The molecule has 1 heterocycles. The Morgan fingerprint density at radius 1 is 1.40 bits per heavy atom. The Bertz CT molecular complexity index is 388. The van der Waals surface area contributed by atoms with E-state index in [-0.39, 0.29) is 0 Å². The molecule has 0 spiro atoms. The van der Waals surface area contributed by atoms with Gasteiger partial charge in [0.15, 0.2) is 0 Å². The fourth-order valence-corrected chi connectivity index (χ4v) is 2.75.